The summed E-state index contributed by atoms with van der Waals surface area (Å²) in [5.74, 6) is -1.91. The van der Waals surface area contributed by atoms with Gasteiger partial charge in [0.25, 0.3) is 0 Å². The van der Waals surface area contributed by atoms with Crippen LogP contribution in [0.25, 0.3) is 0 Å². The second-order valence-electron chi connectivity index (χ2n) is 5.14. The van der Waals surface area contributed by atoms with Gasteiger partial charge in [0.15, 0.2) is 11.6 Å². The van der Waals surface area contributed by atoms with E-state index in [1.807, 2.05) is 13.8 Å². The summed E-state index contributed by atoms with van der Waals surface area (Å²) in [6, 6.07) is 2.93. The fraction of sp³-hybridized carbons (Fsp3) is 0.462. The Hall–Kier alpha value is -1.27. The van der Waals surface area contributed by atoms with Crippen LogP contribution in [-0.2, 0) is 4.74 Å². The summed E-state index contributed by atoms with van der Waals surface area (Å²) in [6.45, 7) is 5.30. The van der Waals surface area contributed by atoms with Gasteiger partial charge in [-0.05, 0) is 26.0 Å². The molecule has 0 radical (unpaired) electrons. The molecule has 2 rings (SSSR count). The number of hydrogen-bond donors (Lipinski definition) is 1. The SMILES string of the molecule is CC1(C)COCCN1c1ccc(C(N)=S)c(F)c1F. The number of nitrogens with two attached hydrogens (primary N) is 1. The largest absolute Gasteiger partial charge is 0.389 e. The van der Waals surface area contributed by atoms with Crippen LogP contribution in [0.3, 0.4) is 0 Å². The topological polar surface area (TPSA) is 38.5 Å². The maximum Gasteiger partial charge on any atom is 0.182 e. The number of rotatable bonds is 2. The minimum atomic E-state index is -0.993. The predicted molar refractivity (Wildman–Crippen MR) is 74.5 cm³/mol. The van der Waals surface area contributed by atoms with Crippen molar-refractivity contribution in [2.75, 3.05) is 24.7 Å². The first-order valence-electron chi connectivity index (χ1n) is 5.98. The third-order valence-electron chi connectivity index (χ3n) is 3.26. The van der Waals surface area contributed by atoms with Crippen LogP contribution < -0.4 is 10.6 Å². The molecule has 19 heavy (non-hydrogen) atoms. The van der Waals surface area contributed by atoms with Crippen LogP contribution in [0.4, 0.5) is 14.5 Å². The van der Waals surface area contributed by atoms with Crippen molar-refractivity contribution in [1.82, 2.24) is 0 Å². The molecule has 1 aliphatic rings. The van der Waals surface area contributed by atoms with Crippen molar-refractivity contribution in [2.24, 2.45) is 5.73 Å². The Balaban J connectivity index is 2.46. The lowest BCUT2D eigenvalue weighted by Gasteiger charge is -2.43. The van der Waals surface area contributed by atoms with Crippen LogP contribution in [-0.4, -0.2) is 30.3 Å². The number of thiocarbonyl (C=S) groups is 1. The summed E-state index contributed by atoms with van der Waals surface area (Å²) < 4.78 is 33.5. The number of morpholine rings is 1. The molecule has 0 aromatic heterocycles. The highest BCUT2D eigenvalue weighted by molar-refractivity contribution is 7.80. The Morgan fingerprint density at radius 1 is 1.37 bits per heavy atom. The summed E-state index contributed by atoms with van der Waals surface area (Å²) in [7, 11) is 0. The highest BCUT2D eigenvalue weighted by Gasteiger charge is 2.33. The van der Waals surface area contributed by atoms with E-state index in [1.165, 1.54) is 12.1 Å². The fourth-order valence-corrected chi connectivity index (χ4v) is 2.40. The molecule has 104 valence electrons. The molecule has 0 atom stereocenters. The fourth-order valence-electron chi connectivity index (χ4n) is 2.24. The minimum absolute atomic E-state index is 0.0673. The average molecular weight is 286 g/mol. The molecule has 1 aromatic rings. The Kier molecular flexibility index (Phi) is 3.73. The minimum Gasteiger partial charge on any atom is -0.389 e. The van der Waals surface area contributed by atoms with Gasteiger partial charge in [0.05, 0.1) is 24.4 Å². The third kappa shape index (κ3) is 2.55. The zero-order chi connectivity index (χ0) is 14.2. The monoisotopic (exact) mass is 286 g/mol. The van der Waals surface area contributed by atoms with Crippen molar-refractivity contribution in [3.63, 3.8) is 0 Å². The van der Waals surface area contributed by atoms with Gasteiger partial charge < -0.3 is 15.4 Å². The number of anilines is 1. The number of ether oxygens (including phenoxy) is 1. The molecule has 0 bridgehead atoms. The molecular formula is C13H16F2N2OS. The molecule has 0 spiro atoms. The van der Waals surface area contributed by atoms with Gasteiger partial charge >= 0.3 is 0 Å². The van der Waals surface area contributed by atoms with Crippen LogP contribution >= 0.6 is 12.2 Å². The Morgan fingerprint density at radius 2 is 2.05 bits per heavy atom. The Morgan fingerprint density at radius 3 is 2.63 bits per heavy atom. The molecule has 0 aliphatic carbocycles. The smallest absolute Gasteiger partial charge is 0.182 e. The number of nitrogens with zero attached hydrogens (tertiary/aromatic N) is 1. The highest BCUT2D eigenvalue weighted by Crippen LogP contribution is 2.31. The lowest BCUT2D eigenvalue weighted by molar-refractivity contribution is 0.0639. The van der Waals surface area contributed by atoms with Crippen LogP contribution in [0.15, 0.2) is 12.1 Å². The van der Waals surface area contributed by atoms with Crippen LogP contribution in [0.1, 0.15) is 19.4 Å². The quantitative estimate of drug-likeness (QED) is 0.846. The van der Waals surface area contributed by atoms with E-state index < -0.39 is 17.2 Å². The molecule has 1 saturated heterocycles. The van der Waals surface area contributed by atoms with E-state index in [0.717, 1.165) is 0 Å². The zero-order valence-electron chi connectivity index (χ0n) is 10.9. The van der Waals surface area contributed by atoms with E-state index in [4.69, 9.17) is 22.7 Å². The van der Waals surface area contributed by atoms with E-state index in [-0.39, 0.29) is 16.2 Å². The van der Waals surface area contributed by atoms with Gasteiger partial charge in [0, 0.05) is 12.1 Å². The van der Waals surface area contributed by atoms with Crippen LogP contribution in [0.2, 0.25) is 0 Å². The Bertz CT molecular complexity index is 520. The van der Waals surface area contributed by atoms with Crippen molar-refractivity contribution in [1.29, 1.82) is 0 Å². The van der Waals surface area contributed by atoms with Crippen molar-refractivity contribution in [3.8, 4) is 0 Å². The van der Waals surface area contributed by atoms with Gasteiger partial charge in [-0.15, -0.1) is 0 Å². The lowest BCUT2D eigenvalue weighted by Crippen LogP contribution is -2.53. The maximum absolute atomic E-state index is 14.2. The maximum atomic E-state index is 14.2. The molecular weight excluding hydrogens is 270 g/mol. The Labute approximate surface area is 116 Å². The van der Waals surface area contributed by atoms with Crippen LogP contribution in [0, 0.1) is 11.6 Å². The number of hydrogen-bond acceptors (Lipinski definition) is 3. The first kappa shape index (κ1) is 14.1. The second kappa shape index (κ2) is 5.02. The molecule has 1 heterocycles. The predicted octanol–water partition coefficient (Wildman–Crippen LogP) is 2.21. The molecule has 0 unspecified atom stereocenters. The standard InChI is InChI=1S/C13H16F2N2OS/c1-13(2)7-18-6-5-17(13)9-4-3-8(12(16)19)10(14)11(9)15/h3-4H,5-7H2,1-2H3,(H2,16,19). The van der Waals surface area contributed by atoms with Gasteiger partial charge in [-0.3, -0.25) is 0 Å². The van der Waals surface area contributed by atoms with Gasteiger partial charge in [0.1, 0.15) is 4.99 Å². The first-order chi connectivity index (χ1) is 8.84. The van der Waals surface area contributed by atoms with Gasteiger partial charge in [-0.1, -0.05) is 12.2 Å². The molecule has 2 N–H and O–H groups in total. The van der Waals surface area contributed by atoms with E-state index in [2.05, 4.69) is 0 Å². The van der Waals surface area contributed by atoms with Crippen molar-refractivity contribution in [2.45, 2.75) is 19.4 Å². The van der Waals surface area contributed by atoms with Gasteiger partial charge in [0.2, 0.25) is 0 Å². The van der Waals surface area contributed by atoms with Gasteiger partial charge in [-0.25, -0.2) is 8.78 Å². The van der Waals surface area contributed by atoms with E-state index in [1.54, 1.807) is 4.90 Å². The van der Waals surface area contributed by atoms with E-state index in [9.17, 15) is 8.78 Å². The molecule has 1 aliphatic heterocycles. The molecule has 1 fully saturated rings. The van der Waals surface area contributed by atoms with Crippen molar-refractivity contribution < 1.29 is 13.5 Å². The summed E-state index contributed by atoms with van der Waals surface area (Å²) in [6.07, 6.45) is 0. The lowest BCUT2D eigenvalue weighted by atomic mass is 10.0. The van der Waals surface area contributed by atoms with Crippen LogP contribution in [0.5, 0.6) is 0 Å². The summed E-state index contributed by atoms with van der Waals surface area (Å²) in [5.41, 5.74) is 5.11. The van der Waals surface area contributed by atoms with E-state index in [0.29, 0.717) is 19.8 Å². The van der Waals surface area contributed by atoms with E-state index >= 15 is 0 Å². The second-order valence-corrected chi connectivity index (χ2v) is 5.58. The van der Waals surface area contributed by atoms with Crippen molar-refractivity contribution >= 4 is 22.9 Å². The molecule has 0 saturated carbocycles. The molecule has 6 heteroatoms. The summed E-state index contributed by atoms with van der Waals surface area (Å²) >= 11 is 4.69. The van der Waals surface area contributed by atoms with Crippen molar-refractivity contribution in [3.05, 3.63) is 29.3 Å². The molecule has 0 amide bonds. The third-order valence-corrected chi connectivity index (χ3v) is 3.48. The summed E-state index contributed by atoms with van der Waals surface area (Å²) in [4.78, 5) is 1.65. The number of benzene rings is 1. The average Bonchev–Trinajstić information content (AvgIpc) is 2.32. The first-order valence-corrected chi connectivity index (χ1v) is 6.38. The molecule has 3 nitrogen and oxygen atoms in total. The summed E-state index contributed by atoms with van der Waals surface area (Å²) in [5, 5.41) is 0. The highest BCUT2D eigenvalue weighted by atomic mass is 32.1. The van der Waals surface area contributed by atoms with Gasteiger partial charge in [-0.2, -0.15) is 0 Å². The zero-order valence-corrected chi connectivity index (χ0v) is 11.7. The molecule has 1 aromatic carbocycles. The normalized spacial score (nSPS) is 18.4. The number of halogens is 2.